The van der Waals surface area contributed by atoms with E-state index >= 15 is 0 Å². The first-order chi connectivity index (χ1) is 5.79. The third-order valence-electron chi connectivity index (χ3n) is 2.75. The fourth-order valence-electron chi connectivity index (χ4n) is 2.57. The largest absolute Gasteiger partial charge is 0.328 e. The van der Waals surface area contributed by atoms with E-state index in [4.69, 9.17) is 5.73 Å². The summed E-state index contributed by atoms with van der Waals surface area (Å²) in [7, 11) is 0. The third-order valence-corrected chi connectivity index (χ3v) is 2.75. The van der Waals surface area contributed by atoms with Crippen molar-refractivity contribution in [2.24, 2.45) is 11.0 Å². The van der Waals surface area contributed by atoms with Crippen LogP contribution in [-0.2, 0) is 0 Å². The van der Waals surface area contributed by atoms with Crippen LogP contribution in [0.5, 0.6) is 0 Å². The van der Waals surface area contributed by atoms with Gasteiger partial charge in [0.2, 0.25) is 0 Å². The lowest BCUT2D eigenvalue weighted by atomic mass is 9.79. The molecule has 0 atom stereocenters. The van der Waals surface area contributed by atoms with Gasteiger partial charge < -0.3 is 5.73 Å². The van der Waals surface area contributed by atoms with E-state index in [1.54, 1.807) is 5.01 Å². The lowest BCUT2D eigenvalue weighted by molar-refractivity contribution is -0.0346. The van der Waals surface area contributed by atoms with Gasteiger partial charge in [0.05, 0.1) is 16.4 Å². The van der Waals surface area contributed by atoms with Gasteiger partial charge in [-0.05, 0) is 40.5 Å². The zero-order valence-electron chi connectivity index (χ0n) is 8.87. The van der Waals surface area contributed by atoms with Gasteiger partial charge in [0, 0.05) is 6.04 Å². The highest BCUT2D eigenvalue weighted by Gasteiger charge is 2.44. The highest BCUT2D eigenvalue weighted by atomic mass is 16.3. The summed E-state index contributed by atoms with van der Waals surface area (Å²) in [6, 6.07) is 0.169. The van der Waals surface area contributed by atoms with Crippen molar-refractivity contribution in [1.29, 1.82) is 0 Å². The van der Waals surface area contributed by atoms with Crippen LogP contribution in [-0.4, -0.2) is 22.1 Å². The number of hydrogen-bond donors (Lipinski definition) is 1. The molecule has 1 saturated heterocycles. The quantitative estimate of drug-likeness (QED) is 0.632. The minimum absolute atomic E-state index is 0.169. The van der Waals surface area contributed by atoms with Gasteiger partial charge in [0.1, 0.15) is 0 Å². The minimum atomic E-state index is -0.219. The normalized spacial score (nSPS) is 27.3. The maximum Gasteiger partial charge on any atom is 0.0576 e. The summed E-state index contributed by atoms with van der Waals surface area (Å²) >= 11 is 0. The standard InChI is InChI=1S/C9H19N3O/c1-8(2)5-7(10)6-9(3,4)12(8)11-13/h7H,5-6,10H2,1-4H3. The molecular formula is C9H19N3O. The van der Waals surface area contributed by atoms with E-state index in [0.29, 0.717) is 0 Å². The molecule has 0 aliphatic carbocycles. The van der Waals surface area contributed by atoms with E-state index in [0.717, 1.165) is 12.8 Å². The molecule has 0 aromatic heterocycles. The van der Waals surface area contributed by atoms with Gasteiger partial charge in [-0.25, -0.2) is 5.01 Å². The zero-order chi connectivity index (χ0) is 10.3. The van der Waals surface area contributed by atoms with Crippen LogP contribution >= 0.6 is 0 Å². The Morgan fingerprint density at radius 2 is 1.62 bits per heavy atom. The summed E-state index contributed by atoms with van der Waals surface area (Å²) in [5, 5.41) is 4.76. The van der Waals surface area contributed by atoms with E-state index in [1.165, 1.54) is 0 Å². The summed E-state index contributed by atoms with van der Waals surface area (Å²) in [5.74, 6) is 0. The second-order valence-electron chi connectivity index (χ2n) is 5.19. The molecule has 0 spiro atoms. The summed E-state index contributed by atoms with van der Waals surface area (Å²) < 4.78 is 0. The van der Waals surface area contributed by atoms with Crippen LogP contribution in [0.25, 0.3) is 0 Å². The Kier molecular flexibility index (Phi) is 2.36. The molecule has 0 radical (unpaired) electrons. The van der Waals surface area contributed by atoms with Gasteiger partial charge in [0.15, 0.2) is 0 Å². The average molecular weight is 185 g/mol. The Labute approximate surface area is 79.4 Å². The first-order valence-electron chi connectivity index (χ1n) is 4.69. The van der Waals surface area contributed by atoms with E-state index in [9.17, 15) is 4.91 Å². The molecule has 0 aromatic rings. The molecule has 0 aromatic carbocycles. The van der Waals surface area contributed by atoms with Crippen molar-refractivity contribution in [1.82, 2.24) is 5.01 Å². The molecule has 0 amide bonds. The molecule has 1 fully saturated rings. The molecule has 13 heavy (non-hydrogen) atoms. The molecule has 1 aliphatic heterocycles. The molecule has 1 heterocycles. The first kappa shape index (κ1) is 10.4. The molecule has 76 valence electrons. The Morgan fingerprint density at radius 1 is 1.23 bits per heavy atom. The molecule has 2 N–H and O–H groups in total. The summed E-state index contributed by atoms with van der Waals surface area (Å²) in [4.78, 5) is 10.7. The van der Waals surface area contributed by atoms with Gasteiger partial charge in [0.25, 0.3) is 0 Å². The highest BCUT2D eigenvalue weighted by molar-refractivity contribution is 4.99. The predicted octanol–water partition coefficient (Wildman–Crippen LogP) is 1.65. The van der Waals surface area contributed by atoms with Crippen molar-refractivity contribution in [3.63, 3.8) is 0 Å². The van der Waals surface area contributed by atoms with Gasteiger partial charge in [-0.15, -0.1) is 4.91 Å². The van der Waals surface area contributed by atoms with Crippen LogP contribution in [0.3, 0.4) is 0 Å². The fraction of sp³-hybridized carbons (Fsp3) is 1.00. The Bertz CT molecular complexity index is 195. The first-order valence-corrected chi connectivity index (χ1v) is 4.69. The number of nitroso groups, excluding NO2 is 1. The summed E-state index contributed by atoms with van der Waals surface area (Å²) in [5.41, 5.74) is 5.49. The molecule has 0 saturated carbocycles. The van der Waals surface area contributed by atoms with Crippen molar-refractivity contribution in [3.8, 4) is 0 Å². The van der Waals surface area contributed by atoms with Crippen molar-refractivity contribution in [3.05, 3.63) is 4.91 Å². The van der Waals surface area contributed by atoms with Crippen LogP contribution < -0.4 is 5.73 Å². The van der Waals surface area contributed by atoms with Crippen LogP contribution in [0.4, 0.5) is 0 Å². The van der Waals surface area contributed by atoms with E-state index in [1.807, 2.05) is 27.7 Å². The van der Waals surface area contributed by atoms with Crippen LogP contribution in [0.15, 0.2) is 5.29 Å². The third kappa shape index (κ3) is 1.82. The number of nitrogens with two attached hydrogens (primary N) is 1. The van der Waals surface area contributed by atoms with Crippen LogP contribution in [0, 0.1) is 4.91 Å². The second kappa shape index (κ2) is 2.94. The number of nitrogens with zero attached hydrogens (tertiary/aromatic N) is 2. The Balaban J connectivity index is 2.94. The maximum atomic E-state index is 10.7. The Hall–Kier alpha value is -0.640. The fourth-order valence-corrected chi connectivity index (χ4v) is 2.57. The lowest BCUT2D eigenvalue weighted by Crippen LogP contribution is -2.60. The molecule has 4 heteroatoms. The lowest BCUT2D eigenvalue weighted by Gasteiger charge is -2.50. The molecule has 4 nitrogen and oxygen atoms in total. The van der Waals surface area contributed by atoms with Gasteiger partial charge in [-0.2, -0.15) is 0 Å². The van der Waals surface area contributed by atoms with Crippen molar-refractivity contribution in [2.75, 3.05) is 0 Å². The topological polar surface area (TPSA) is 58.7 Å². The summed E-state index contributed by atoms with van der Waals surface area (Å²) in [6.45, 7) is 8.04. The summed E-state index contributed by atoms with van der Waals surface area (Å²) in [6.07, 6.45) is 1.64. The van der Waals surface area contributed by atoms with Crippen molar-refractivity contribution in [2.45, 2.75) is 57.7 Å². The number of rotatable bonds is 1. The van der Waals surface area contributed by atoms with Gasteiger partial charge in [-0.3, -0.25) is 0 Å². The number of hydrogen-bond acceptors (Lipinski definition) is 3. The SMILES string of the molecule is CC1(C)CC(N)CC(C)(C)N1N=O. The van der Waals surface area contributed by atoms with Crippen LogP contribution in [0.1, 0.15) is 40.5 Å². The van der Waals surface area contributed by atoms with Gasteiger partial charge >= 0.3 is 0 Å². The molecule has 1 rings (SSSR count). The minimum Gasteiger partial charge on any atom is -0.328 e. The van der Waals surface area contributed by atoms with E-state index in [2.05, 4.69) is 5.29 Å². The van der Waals surface area contributed by atoms with Crippen molar-refractivity contribution >= 4 is 0 Å². The van der Waals surface area contributed by atoms with E-state index < -0.39 is 0 Å². The molecule has 0 unspecified atom stereocenters. The molecular weight excluding hydrogens is 166 g/mol. The highest BCUT2D eigenvalue weighted by Crippen LogP contribution is 2.37. The smallest absolute Gasteiger partial charge is 0.0576 e. The molecule has 0 bridgehead atoms. The van der Waals surface area contributed by atoms with E-state index in [-0.39, 0.29) is 17.1 Å². The number of piperidine rings is 1. The predicted molar refractivity (Wildman–Crippen MR) is 53.0 cm³/mol. The Morgan fingerprint density at radius 3 is 1.92 bits per heavy atom. The van der Waals surface area contributed by atoms with Crippen molar-refractivity contribution < 1.29 is 0 Å². The molecule has 1 aliphatic rings. The van der Waals surface area contributed by atoms with Gasteiger partial charge in [-0.1, -0.05) is 0 Å². The van der Waals surface area contributed by atoms with Crippen LogP contribution in [0.2, 0.25) is 0 Å². The second-order valence-corrected chi connectivity index (χ2v) is 5.19. The monoisotopic (exact) mass is 185 g/mol. The zero-order valence-corrected chi connectivity index (χ0v) is 8.87. The average Bonchev–Trinajstić information content (AvgIpc) is 1.79. The maximum absolute atomic E-state index is 10.7.